The summed E-state index contributed by atoms with van der Waals surface area (Å²) in [6, 6.07) is 0. The molecule has 64 valence electrons. The molecule has 1 aliphatic heterocycles. The van der Waals surface area contributed by atoms with Crippen LogP contribution < -0.4 is 0 Å². The first kappa shape index (κ1) is 7.55. The largest absolute Gasteiger partial charge is 0.212 e. The molecule has 2 aliphatic rings. The highest BCUT2D eigenvalue weighted by atomic mass is 32.2. The lowest BCUT2D eigenvalue weighted by atomic mass is 9.70. The molecule has 0 radical (unpaired) electrons. The Labute approximate surface area is 67.4 Å². The van der Waals surface area contributed by atoms with Crippen molar-refractivity contribution in [3.8, 4) is 0 Å². The van der Waals surface area contributed by atoms with E-state index in [1.807, 2.05) is 0 Å². The molecule has 1 aliphatic carbocycles. The van der Waals surface area contributed by atoms with Crippen molar-refractivity contribution in [2.24, 2.45) is 0 Å². The summed E-state index contributed by atoms with van der Waals surface area (Å²) < 4.78 is 24.0. The number of hydrogen-bond acceptors (Lipinski definition) is 2. The average molecular weight is 175 g/mol. The zero-order valence-electron chi connectivity index (χ0n) is 6.71. The van der Waals surface area contributed by atoms with Crippen LogP contribution in [0, 0.1) is 0 Å². The minimum absolute atomic E-state index is 0.0909. The molecule has 0 amide bonds. The molecule has 1 saturated heterocycles. The van der Waals surface area contributed by atoms with Crippen molar-refractivity contribution in [2.75, 3.05) is 12.8 Å². The van der Waals surface area contributed by atoms with Crippen molar-refractivity contribution in [3.05, 3.63) is 0 Å². The van der Waals surface area contributed by atoms with Crippen LogP contribution >= 0.6 is 0 Å². The van der Waals surface area contributed by atoms with E-state index >= 15 is 0 Å². The van der Waals surface area contributed by atoms with E-state index in [0.717, 1.165) is 25.8 Å². The SMILES string of the molecule is CS(=O)(=O)N1CCC12CCC2. The molecule has 0 aromatic heterocycles. The average Bonchev–Trinajstić information content (AvgIpc) is 1.49. The van der Waals surface area contributed by atoms with Gasteiger partial charge in [-0.3, -0.25) is 0 Å². The fourth-order valence-electron chi connectivity index (χ4n) is 2.12. The van der Waals surface area contributed by atoms with Gasteiger partial charge in [-0.25, -0.2) is 8.42 Å². The highest BCUT2D eigenvalue weighted by Gasteiger charge is 2.52. The third-order valence-corrected chi connectivity index (χ3v) is 4.36. The van der Waals surface area contributed by atoms with Crippen LogP contribution in [-0.4, -0.2) is 31.1 Å². The smallest absolute Gasteiger partial charge is 0.211 e. The fourth-order valence-corrected chi connectivity index (χ4v) is 3.52. The predicted octanol–water partition coefficient (Wildman–Crippen LogP) is 0.574. The molecule has 1 saturated carbocycles. The summed E-state index contributed by atoms with van der Waals surface area (Å²) >= 11 is 0. The van der Waals surface area contributed by atoms with Gasteiger partial charge in [-0.2, -0.15) is 4.31 Å². The van der Waals surface area contributed by atoms with Crippen LogP contribution in [-0.2, 0) is 10.0 Å². The topological polar surface area (TPSA) is 37.4 Å². The van der Waals surface area contributed by atoms with Crippen molar-refractivity contribution >= 4 is 10.0 Å². The summed E-state index contributed by atoms with van der Waals surface area (Å²) in [7, 11) is -2.90. The maximum absolute atomic E-state index is 11.1. The molecule has 2 fully saturated rings. The standard InChI is InChI=1S/C7H13NO2S/c1-11(9,10)8-6-5-7(8)3-2-4-7/h2-6H2,1H3. The molecular weight excluding hydrogens is 162 g/mol. The van der Waals surface area contributed by atoms with E-state index in [0.29, 0.717) is 0 Å². The van der Waals surface area contributed by atoms with E-state index in [2.05, 4.69) is 0 Å². The predicted molar refractivity (Wildman–Crippen MR) is 42.7 cm³/mol. The second-order valence-electron chi connectivity index (χ2n) is 3.66. The maximum Gasteiger partial charge on any atom is 0.211 e. The van der Waals surface area contributed by atoms with Gasteiger partial charge in [0.2, 0.25) is 10.0 Å². The van der Waals surface area contributed by atoms with Crippen LogP contribution in [0.15, 0.2) is 0 Å². The van der Waals surface area contributed by atoms with Gasteiger partial charge in [0.05, 0.1) is 6.26 Å². The minimum atomic E-state index is -2.90. The lowest BCUT2D eigenvalue weighted by molar-refractivity contribution is -0.00233. The summed E-state index contributed by atoms with van der Waals surface area (Å²) in [5.41, 5.74) is 0.0909. The van der Waals surface area contributed by atoms with E-state index in [1.54, 1.807) is 4.31 Å². The van der Waals surface area contributed by atoms with E-state index in [4.69, 9.17) is 0 Å². The molecule has 3 nitrogen and oxygen atoms in total. The Morgan fingerprint density at radius 3 is 2.00 bits per heavy atom. The molecule has 1 spiro atoms. The molecule has 4 heteroatoms. The van der Waals surface area contributed by atoms with Gasteiger partial charge in [0, 0.05) is 12.1 Å². The van der Waals surface area contributed by atoms with Crippen molar-refractivity contribution < 1.29 is 8.42 Å². The summed E-state index contributed by atoms with van der Waals surface area (Å²) in [6.45, 7) is 0.749. The molecule has 0 N–H and O–H groups in total. The first-order valence-corrected chi connectivity index (χ1v) is 5.87. The normalized spacial score (nSPS) is 29.5. The van der Waals surface area contributed by atoms with Crippen LogP contribution in [0.5, 0.6) is 0 Å². The molecule has 11 heavy (non-hydrogen) atoms. The monoisotopic (exact) mass is 175 g/mol. The zero-order valence-corrected chi connectivity index (χ0v) is 7.52. The lowest BCUT2D eigenvalue weighted by Gasteiger charge is -2.56. The van der Waals surface area contributed by atoms with Gasteiger partial charge in [0.1, 0.15) is 0 Å². The molecule has 0 bridgehead atoms. The van der Waals surface area contributed by atoms with Gasteiger partial charge in [-0.15, -0.1) is 0 Å². The highest BCUT2D eigenvalue weighted by Crippen LogP contribution is 2.48. The van der Waals surface area contributed by atoms with Crippen molar-refractivity contribution in [1.82, 2.24) is 4.31 Å². The van der Waals surface area contributed by atoms with Gasteiger partial charge in [0.15, 0.2) is 0 Å². The van der Waals surface area contributed by atoms with Crippen LogP contribution in [0.25, 0.3) is 0 Å². The Balaban J connectivity index is 2.18. The summed E-state index contributed by atoms with van der Waals surface area (Å²) in [6.07, 6.45) is 5.76. The van der Waals surface area contributed by atoms with E-state index in [1.165, 1.54) is 12.7 Å². The Hall–Kier alpha value is -0.0900. The highest BCUT2D eigenvalue weighted by molar-refractivity contribution is 7.88. The van der Waals surface area contributed by atoms with E-state index in [9.17, 15) is 8.42 Å². The Kier molecular flexibility index (Phi) is 1.36. The van der Waals surface area contributed by atoms with Gasteiger partial charge in [-0.05, 0) is 25.7 Å². The zero-order chi connectivity index (χ0) is 8.11. The molecule has 0 aromatic carbocycles. The minimum Gasteiger partial charge on any atom is -0.212 e. The molecule has 2 rings (SSSR count). The van der Waals surface area contributed by atoms with Crippen LogP contribution in [0.4, 0.5) is 0 Å². The Morgan fingerprint density at radius 2 is 1.91 bits per heavy atom. The van der Waals surface area contributed by atoms with Gasteiger partial charge >= 0.3 is 0 Å². The number of sulfonamides is 1. The first-order valence-electron chi connectivity index (χ1n) is 4.02. The molecule has 0 atom stereocenters. The van der Waals surface area contributed by atoms with E-state index in [-0.39, 0.29) is 5.54 Å². The van der Waals surface area contributed by atoms with E-state index < -0.39 is 10.0 Å². The summed E-state index contributed by atoms with van der Waals surface area (Å²) in [5, 5.41) is 0. The third kappa shape index (κ3) is 0.924. The third-order valence-electron chi connectivity index (χ3n) is 2.99. The maximum atomic E-state index is 11.1. The first-order chi connectivity index (χ1) is 5.05. The molecule has 0 aromatic rings. The van der Waals surface area contributed by atoms with Crippen molar-refractivity contribution in [2.45, 2.75) is 31.2 Å². The molecule has 1 heterocycles. The second-order valence-corrected chi connectivity index (χ2v) is 5.57. The lowest BCUT2D eigenvalue weighted by Crippen LogP contribution is -2.65. The Morgan fingerprint density at radius 1 is 1.27 bits per heavy atom. The van der Waals surface area contributed by atoms with Crippen LogP contribution in [0.2, 0.25) is 0 Å². The Bertz CT molecular complexity index is 261. The fraction of sp³-hybridized carbons (Fsp3) is 1.00. The van der Waals surface area contributed by atoms with Crippen LogP contribution in [0.3, 0.4) is 0 Å². The quantitative estimate of drug-likeness (QED) is 0.584. The molecular formula is C7H13NO2S. The molecule has 0 unspecified atom stereocenters. The second kappa shape index (κ2) is 1.98. The summed E-state index contributed by atoms with van der Waals surface area (Å²) in [5.74, 6) is 0. The van der Waals surface area contributed by atoms with Gasteiger partial charge in [0.25, 0.3) is 0 Å². The van der Waals surface area contributed by atoms with Crippen LogP contribution in [0.1, 0.15) is 25.7 Å². The van der Waals surface area contributed by atoms with Crippen molar-refractivity contribution in [1.29, 1.82) is 0 Å². The number of hydrogen-bond donors (Lipinski definition) is 0. The number of rotatable bonds is 1. The van der Waals surface area contributed by atoms with Crippen molar-refractivity contribution in [3.63, 3.8) is 0 Å². The number of nitrogens with zero attached hydrogens (tertiary/aromatic N) is 1. The van der Waals surface area contributed by atoms with Gasteiger partial charge in [-0.1, -0.05) is 0 Å². The van der Waals surface area contributed by atoms with Gasteiger partial charge < -0.3 is 0 Å². The summed E-state index contributed by atoms with van der Waals surface area (Å²) in [4.78, 5) is 0.